The molecule has 7 nitrogen and oxygen atoms in total. The number of para-hydroxylation sites is 1. The van der Waals surface area contributed by atoms with Crippen LogP contribution in [0, 0.1) is 11.8 Å². The van der Waals surface area contributed by atoms with Crippen LogP contribution in [0.2, 0.25) is 5.02 Å². The number of rotatable bonds is 6. The summed E-state index contributed by atoms with van der Waals surface area (Å²) in [5.74, 6) is -2.02. The van der Waals surface area contributed by atoms with Crippen LogP contribution in [0.4, 0.5) is 5.69 Å². The minimum atomic E-state index is -0.984. The number of fused-ring (bicyclic) bond motifs is 2. The number of hydrogen-bond acceptors (Lipinski definition) is 5. The van der Waals surface area contributed by atoms with E-state index in [1.165, 1.54) is 0 Å². The molecule has 6 rings (SSSR count). The van der Waals surface area contributed by atoms with Gasteiger partial charge in [0, 0.05) is 24.4 Å². The Morgan fingerprint density at radius 3 is 2.37 bits per heavy atom. The zero-order chi connectivity index (χ0) is 28.9. The minimum Gasteiger partial charge on any atom is -0.394 e. The zero-order valence-electron chi connectivity index (χ0n) is 23.2. The number of aliphatic hydroxyl groups is 1. The molecule has 2 aromatic rings. The van der Waals surface area contributed by atoms with Gasteiger partial charge >= 0.3 is 0 Å². The van der Waals surface area contributed by atoms with E-state index in [0.717, 1.165) is 5.56 Å². The van der Waals surface area contributed by atoms with Crippen LogP contribution in [-0.2, 0) is 20.9 Å². The van der Waals surface area contributed by atoms with Gasteiger partial charge in [-0.25, -0.2) is 0 Å². The molecule has 1 N–H and O–H groups in total. The van der Waals surface area contributed by atoms with Crippen LogP contribution >= 0.6 is 23.4 Å². The lowest BCUT2D eigenvalue weighted by Gasteiger charge is -2.39. The van der Waals surface area contributed by atoms with E-state index in [0.29, 0.717) is 30.2 Å². The predicted molar refractivity (Wildman–Crippen MR) is 161 cm³/mol. The van der Waals surface area contributed by atoms with Crippen molar-refractivity contribution in [2.45, 2.75) is 48.4 Å². The number of hydrogen-bond donors (Lipinski definition) is 1. The summed E-state index contributed by atoms with van der Waals surface area (Å²) in [6.07, 6.45) is 8.48. The normalized spacial score (nSPS) is 31.6. The van der Waals surface area contributed by atoms with Gasteiger partial charge in [0.2, 0.25) is 11.8 Å². The lowest BCUT2D eigenvalue weighted by Crippen LogP contribution is -2.56. The number of amides is 3. The summed E-state index contributed by atoms with van der Waals surface area (Å²) in [5, 5.41) is 10.8. The van der Waals surface area contributed by atoms with E-state index in [-0.39, 0.29) is 30.9 Å². The molecule has 1 spiro atoms. The summed E-state index contributed by atoms with van der Waals surface area (Å²) in [5.41, 5.74) is 1.59. The molecule has 2 fully saturated rings. The molecule has 4 heterocycles. The van der Waals surface area contributed by atoms with Crippen LogP contribution in [0.1, 0.15) is 25.8 Å². The number of likely N-dealkylation sites (tertiary alicyclic amines) is 1. The van der Waals surface area contributed by atoms with Crippen molar-refractivity contribution in [3.8, 4) is 0 Å². The summed E-state index contributed by atoms with van der Waals surface area (Å²) in [4.78, 5) is 48.6. The molecule has 2 saturated heterocycles. The third-order valence-electron chi connectivity index (χ3n) is 9.01. The second-order valence-electron chi connectivity index (χ2n) is 11.4. The third kappa shape index (κ3) is 4.34. The molecule has 0 saturated carbocycles. The Kier molecular flexibility index (Phi) is 7.29. The number of halogens is 1. The number of benzene rings is 2. The van der Waals surface area contributed by atoms with Crippen LogP contribution in [0.5, 0.6) is 0 Å². The van der Waals surface area contributed by atoms with Gasteiger partial charge in [-0.1, -0.05) is 85.3 Å². The molecule has 0 bridgehead atoms. The van der Waals surface area contributed by atoms with Gasteiger partial charge in [0.25, 0.3) is 5.91 Å². The first-order valence-electron chi connectivity index (χ1n) is 14.1. The highest BCUT2D eigenvalue weighted by molar-refractivity contribution is 8.02. The predicted octanol–water partition coefficient (Wildman–Crippen LogP) is 4.30. The highest BCUT2D eigenvalue weighted by Crippen LogP contribution is 2.66. The van der Waals surface area contributed by atoms with E-state index >= 15 is 0 Å². The fourth-order valence-corrected chi connectivity index (χ4v) is 9.53. The quantitative estimate of drug-likeness (QED) is 0.507. The number of carbonyl (C=O) groups excluding carboxylic acids is 3. The highest BCUT2D eigenvalue weighted by Gasteiger charge is 2.74. The summed E-state index contributed by atoms with van der Waals surface area (Å²) in [6.45, 7) is 4.82. The SMILES string of the molecule is CC[C@@H](CO)N1C(=O)[C@@H]2[C@@H]3C(=O)N(Cc4ccccc4)CC=C[C@]3(C)S[C@@]23C=CCN(c2ccccc2Cl)C(=O)C13. The van der Waals surface area contributed by atoms with E-state index in [2.05, 4.69) is 6.08 Å². The molecular weight excluding hydrogens is 558 g/mol. The van der Waals surface area contributed by atoms with E-state index in [1.54, 1.807) is 33.7 Å². The largest absolute Gasteiger partial charge is 0.394 e. The Hall–Kier alpha value is -3.07. The Morgan fingerprint density at radius 1 is 0.951 bits per heavy atom. The molecule has 0 aromatic heterocycles. The molecule has 0 radical (unpaired) electrons. The molecular formula is C32H34ClN3O4S. The number of carbonyl (C=O) groups is 3. The van der Waals surface area contributed by atoms with Crippen LogP contribution in [0.3, 0.4) is 0 Å². The van der Waals surface area contributed by atoms with Gasteiger partial charge in [-0.15, -0.1) is 11.8 Å². The molecule has 4 aliphatic heterocycles. The topological polar surface area (TPSA) is 81.2 Å². The van der Waals surface area contributed by atoms with E-state index in [1.807, 2.05) is 79.4 Å². The van der Waals surface area contributed by atoms with Gasteiger partial charge in [-0.2, -0.15) is 0 Å². The lowest BCUT2D eigenvalue weighted by molar-refractivity contribution is -0.145. The molecule has 6 atom stereocenters. The Labute approximate surface area is 249 Å². The standard InChI is InChI=1S/C32H34ClN3O4S/c1-3-22(20-37)36-27-30(40)35(24-14-8-7-13-23(24)33)18-10-16-32(27)26(29(36)39)25-28(38)34(17-9-15-31(25,2)41-32)19-21-11-5-4-6-12-21/h4-16,22,25-27,37H,3,17-20H2,1-2H3/t22-,25+,26-,27?,31-,32-/m0/s1. The van der Waals surface area contributed by atoms with Gasteiger partial charge in [0.15, 0.2) is 0 Å². The smallest absolute Gasteiger partial charge is 0.251 e. The van der Waals surface area contributed by atoms with Gasteiger partial charge in [-0.05, 0) is 31.0 Å². The van der Waals surface area contributed by atoms with Crippen LogP contribution < -0.4 is 4.90 Å². The van der Waals surface area contributed by atoms with Crippen LogP contribution in [0.15, 0.2) is 78.9 Å². The first-order valence-corrected chi connectivity index (χ1v) is 15.3. The molecule has 2 aromatic carbocycles. The summed E-state index contributed by atoms with van der Waals surface area (Å²) in [7, 11) is 0. The fourth-order valence-electron chi connectivity index (χ4n) is 7.15. The molecule has 9 heteroatoms. The maximum absolute atomic E-state index is 14.6. The average molecular weight is 592 g/mol. The molecule has 3 amide bonds. The van der Waals surface area contributed by atoms with Crippen molar-refractivity contribution >= 4 is 46.8 Å². The maximum Gasteiger partial charge on any atom is 0.251 e. The van der Waals surface area contributed by atoms with Crippen molar-refractivity contribution in [1.29, 1.82) is 0 Å². The van der Waals surface area contributed by atoms with Crippen LogP contribution in [-0.4, -0.2) is 73.9 Å². The van der Waals surface area contributed by atoms with Crippen LogP contribution in [0.25, 0.3) is 0 Å². The van der Waals surface area contributed by atoms with Crippen molar-refractivity contribution in [1.82, 2.24) is 9.80 Å². The fraction of sp³-hybridized carbons (Fsp3) is 0.406. The summed E-state index contributed by atoms with van der Waals surface area (Å²) >= 11 is 8.09. The van der Waals surface area contributed by atoms with Crippen molar-refractivity contribution in [2.75, 3.05) is 24.6 Å². The van der Waals surface area contributed by atoms with E-state index in [9.17, 15) is 19.5 Å². The zero-order valence-corrected chi connectivity index (χ0v) is 24.7. The Balaban J connectivity index is 1.47. The number of thioether (sulfide) groups is 1. The number of anilines is 1. The van der Waals surface area contributed by atoms with Crippen molar-refractivity contribution < 1.29 is 19.5 Å². The molecule has 0 aliphatic carbocycles. The Bertz CT molecular complexity index is 1430. The lowest BCUT2D eigenvalue weighted by atomic mass is 9.74. The first-order chi connectivity index (χ1) is 19.8. The van der Waals surface area contributed by atoms with E-state index in [4.69, 9.17) is 11.6 Å². The molecule has 214 valence electrons. The second kappa shape index (κ2) is 10.6. The molecule has 4 aliphatic rings. The summed E-state index contributed by atoms with van der Waals surface area (Å²) in [6, 6.07) is 15.6. The maximum atomic E-state index is 14.6. The summed E-state index contributed by atoms with van der Waals surface area (Å²) < 4.78 is -1.68. The highest BCUT2D eigenvalue weighted by atomic mass is 35.5. The number of nitrogens with zero attached hydrogens (tertiary/aromatic N) is 3. The van der Waals surface area contributed by atoms with Gasteiger partial charge in [0.1, 0.15) is 6.04 Å². The molecule has 1 unspecified atom stereocenters. The van der Waals surface area contributed by atoms with Crippen molar-refractivity contribution in [2.24, 2.45) is 11.8 Å². The second-order valence-corrected chi connectivity index (χ2v) is 13.6. The molecule has 41 heavy (non-hydrogen) atoms. The number of aliphatic hydroxyl groups excluding tert-OH is 1. The third-order valence-corrected chi connectivity index (χ3v) is 11.1. The van der Waals surface area contributed by atoms with Crippen molar-refractivity contribution in [3.05, 3.63) is 89.5 Å². The Morgan fingerprint density at radius 2 is 1.66 bits per heavy atom. The van der Waals surface area contributed by atoms with Gasteiger partial charge < -0.3 is 19.8 Å². The minimum absolute atomic E-state index is 0.0882. The monoisotopic (exact) mass is 591 g/mol. The van der Waals surface area contributed by atoms with Gasteiger partial charge in [0.05, 0.1) is 39.9 Å². The average Bonchev–Trinajstić information content (AvgIpc) is 3.24. The first kappa shape index (κ1) is 28.1. The van der Waals surface area contributed by atoms with Gasteiger partial charge in [-0.3, -0.25) is 14.4 Å². The van der Waals surface area contributed by atoms with Crippen molar-refractivity contribution in [3.63, 3.8) is 0 Å². The van der Waals surface area contributed by atoms with E-state index < -0.39 is 33.4 Å².